The van der Waals surface area contributed by atoms with E-state index in [2.05, 4.69) is 21.5 Å². The van der Waals surface area contributed by atoms with Crippen LogP contribution in [0.3, 0.4) is 0 Å². The molecule has 0 saturated heterocycles. The first kappa shape index (κ1) is 22.7. The Hall–Kier alpha value is -2.47. The number of thioether (sulfide) groups is 1. The van der Waals surface area contributed by atoms with Crippen LogP contribution in [0.15, 0.2) is 57.1 Å². The zero-order chi connectivity index (χ0) is 22.9. The number of thiophene rings is 1. The Labute approximate surface area is 194 Å². The summed E-state index contributed by atoms with van der Waals surface area (Å²) in [5.41, 5.74) is 1.93. The Bertz CT molecular complexity index is 1450. The number of nitrogens with zero attached hydrogens (tertiary/aromatic N) is 4. The highest BCUT2D eigenvalue weighted by atomic mass is 32.2. The molecule has 11 heteroatoms. The number of rotatable bonds is 9. The maximum atomic E-state index is 12.8. The van der Waals surface area contributed by atoms with Crippen LogP contribution < -0.4 is 5.56 Å². The lowest BCUT2D eigenvalue weighted by Gasteiger charge is -2.18. The molecular formula is C21H23N5O3S3. The number of sulfonamides is 1. The van der Waals surface area contributed by atoms with Crippen molar-refractivity contribution in [3.05, 3.63) is 58.5 Å². The molecule has 32 heavy (non-hydrogen) atoms. The first-order valence-corrected chi connectivity index (χ1v) is 13.4. The molecule has 168 valence electrons. The lowest BCUT2D eigenvalue weighted by molar-refractivity contribution is 0.445. The number of fused-ring (bicyclic) bond motifs is 2. The molecule has 0 saturated carbocycles. The van der Waals surface area contributed by atoms with Crippen molar-refractivity contribution in [1.82, 2.24) is 23.8 Å². The van der Waals surface area contributed by atoms with Gasteiger partial charge >= 0.3 is 0 Å². The van der Waals surface area contributed by atoms with Gasteiger partial charge in [-0.3, -0.25) is 9.36 Å². The fraction of sp³-hybridized carbons (Fsp3) is 0.286. The van der Waals surface area contributed by atoms with Crippen LogP contribution in [0.1, 0.15) is 19.7 Å². The largest absolute Gasteiger partial charge is 0.341 e. The predicted molar refractivity (Wildman–Crippen MR) is 130 cm³/mol. The average molecular weight is 490 g/mol. The van der Waals surface area contributed by atoms with Crippen LogP contribution in [0.25, 0.3) is 21.3 Å². The van der Waals surface area contributed by atoms with Crippen molar-refractivity contribution < 1.29 is 8.42 Å². The average Bonchev–Trinajstić information content (AvgIpc) is 3.41. The summed E-state index contributed by atoms with van der Waals surface area (Å²) in [6, 6.07) is 6.75. The standard InChI is InChI=1S/C21H23N5O3S3/c1-4-10-26-20(27)19-16(9-11-30-19)24-21(26)31-13-18-22-15-8-7-14(12-17(15)23-18)32(28,29)25(5-2)6-3/h4,7-9,11-12H,1,5-6,10,13H2,2-3H3,(H,22,23). The molecule has 0 atom stereocenters. The van der Waals surface area contributed by atoms with Crippen LogP contribution in [0.4, 0.5) is 0 Å². The third-order valence-electron chi connectivity index (χ3n) is 5.03. The summed E-state index contributed by atoms with van der Waals surface area (Å²) in [6.45, 7) is 8.57. The van der Waals surface area contributed by atoms with Crippen molar-refractivity contribution in [3.8, 4) is 0 Å². The molecule has 0 radical (unpaired) electrons. The third kappa shape index (κ3) is 4.13. The van der Waals surface area contributed by atoms with Gasteiger partial charge in [-0.1, -0.05) is 31.7 Å². The van der Waals surface area contributed by atoms with Crippen LogP contribution in [0, 0.1) is 0 Å². The fourth-order valence-electron chi connectivity index (χ4n) is 3.44. The molecule has 1 aromatic carbocycles. The van der Waals surface area contributed by atoms with Gasteiger partial charge in [-0.25, -0.2) is 18.4 Å². The topological polar surface area (TPSA) is 101 Å². The molecule has 4 aromatic rings. The summed E-state index contributed by atoms with van der Waals surface area (Å²) in [5.74, 6) is 1.12. The second kappa shape index (κ2) is 9.18. The Balaban J connectivity index is 1.63. The molecule has 0 unspecified atom stereocenters. The number of aromatic amines is 1. The molecule has 4 rings (SSSR count). The Kier molecular flexibility index (Phi) is 6.52. The number of hydrogen-bond donors (Lipinski definition) is 1. The van der Waals surface area contributed by atoms with Gasteiger partial charge in [0.1, 0.15) is 10.5 Å². The van der Waals surface area contributed by atoms with Gasteiger partial charge in [-0.15, -0.1) is 17.9 Å². The van der Waals surface area contributed by atoms with Gasteiger partial charge in [0.2, 0.25) is 10.0 Å². The number of nitrogens with one attached hydrogen (secondary N) is 1. The van der Waals surface area contributed by atoms with Crippen molar-refractivity contribution in [2.75, 3.05) is 13.1 Å². The van der Waals surface area contributed by atoms with Crippen LogP contribution in [0.2, 0.25) is 0 Å². The summed E-state index contributed by atoms with van der Waals surface area (Å²) in [5, 5.41) is 2.44. The second-order valence-electron chi connectivity index (χ2n) is 6.97. The highest BCUT2D eigenvalue weighted by Gasteiger charge is 2.22. The van der Waals surface area contributed by atoms with E-state index in [9.17, 15) is 13.2 Å². The number of allylic oxidation sites excluding steroid dienone is 1. The number of hydrogen-bond acceptors (Lipinski definition) is 7. The van der Waals surface area contributed by atoms with E-state index in [-0.39, 0.29) is 10.5 Å². The van der Waals surface area contributed by atoms with Gasteiger partial charge in [0.05, 0.1) is 27.2 Å². The highest BCUT2D eigenvalue weighted by molar-refractivity contribution is 7.98. The van der Waals surface area contributed by atoms with Gasteiger partial charge < -0.3 is 4.98 Å². The molecule has 0 aliphatic heterocycles. The smallest absolute Gasteiger partial charge is 0.272 e. The minimum absolute atomic E-state index is 0.0803. The maximum Gasteiger partial charge on any atom is 0.272 e. The first-order valence-electron chi connectivity index (χ1n) is 10.1. The minimum atomic E-state index is -3.55. The van der Waals surface area contributed by atoms with Crippen LogP contribution >= 0.6 is 23.1 Å². The molecule has 8 nitrogen and oxygen atoms in total. The SMILES string of the molecule is C=CCn1c(SCc2nc3ccc(S(=O)(=O)N(CC)CC)cc3[nH]2)nc2ccsc2c1=O. The normalized spacial score (nSPS) is 12.2. The zero-order valence-corrected chi connectivity index (χ0v) is 20.2. The van der Waals surface area contributed by atoms with Gasteiger partial charge in [-0.2, -0.15) is 4.31 Å². The number of aromatic nitrogens is 4. The van der Waals surface area contributed by atoms with E-state index in [0.717, 1.165) is 0 Å². The quantitative estimate of drug-likeness (QED) is 0.218. The van der Waals surface area contributed by atoms with Crippen LogP contribution in [-0.2, 0) is 22.3 Å². The number of H-pyrrole nitrogens is 1. The van der Waals surface area contributed by atoms with Crippen molar-refractivity contribution in [2.24, 2.45) is 0 Å². The summed E-state index contributed by atoms with van der Waals surface area (Å²) in [7, 11) is -3.55. The van der Waals surface area contributed by atoms with E-state index in [1.165, 1.54) is 27.4 Å². The van der Waals surface area contributed by atoms with Gasteiger partial charge in [0.15, 0.2) is 5.16 Å². The van der Waals surface area contributed by atoms with Crippen LogP contribution in [-0.4, -0.2) is 45.3 Å². The van der Waals surface area contributed by atoms with E-state index in [4.69, 9.17) is 0 Å². The van der Waals surface area contributed by atoms with Crippen molar-refractivity contribution in [3.63, 3.8) is 0 Å². The predicted octanol–water partition coefficient (Wildman–Crippen LogP) is 3.84. The lowest BCUT2D eigenvalue weighted by Crippen LogP contribution is -2.30. The molecule has 0 aliphatic rings. The molecule has 0 aliphatic carbocycles. The van der Waals surface area contributed by atoms with Crippen molar-refractivity contribution in [1.29, 1.82) is 0 Å². The molecule has 3 heterocycles. The summed E-state index contributed by atoms with van der Waals surface area (Å²) in [6.07, 6.45) is 1.67. The Morgan fingerprint density at radius 2 is 2.00 bits per heavy atom. The number of imidazole rings is 1. The lowest BCUT2D eigenvalue weighted by atomic mass is 10.3. The van der Waals surface area contributed by atoms with E-state index < -0.39 is 10.0 Å². The van der Waals surface area contributed by atoms with Gasteiger partial charge in [0.25, 0.3) is 5.56 Å². The maximum absolute atomic E-state index is 12.8. The summed E-state index contributed by atoms with van der Waals surface area (Å²) >= 11 is 2.78. The molecule has 0 spiro atoms. The molecule has 1 N–H and O–H groups in total. The molecule has 0 bridgehead atoms. The van der Waals surface area contributed by atoms with Gasteiger partial charge in [-0.05, 0) is 29.6 Å². The van der Waals surface area contributed by atoms with Gasteiger partial charge in [0, 0.05) is 19.6 Å². The van der Waals surface area contributed by atoms with Crippen molar-refractivity contribution in [2.45, 2.75) is 36.2 Å². The van der Waals surface area contributed by atoms with E-state index >= 15 is 0 Å². The van der Waals surface area contributed by atoms with E-state index in [0.29, 0.717) is 57.6 Å². The monoisotopic (exact) mass is 489 g/mol. The summed E-state index contributed by atoms with van der Waals surface area (Å²) in [4.78, 5) is 25.4. The second-order valence-corrected chi connectivity index (χ2v) is 10.8. The van der Waals surface area contributed by atoms with Crippen LogP contribution in [0.5, 0.6) is 0 Å². The number of benzene rings is 1. The first-order chi connectivity index (χ1) is 15.4. The molecule has 0 amide bonds. The minimum Gasteiger partial charge on any atom is -0.341 e. The van der Waals surface area contributed by atoms with E-state index in [1.807, 2.05) is 25.3 Å². The summed E-state index contributed by atoms with van der Waals surface area (Å²) < 4.78 is 29.3. The Morgan fingerprint density at radius 3 is 2.72 bits per heavy atom. The van der Waals surface area contributed by atoms with E-state index in [1.54, 1.807) is 28.8 Å². The fourth-order valence-corrected chi connectivity index (χ4v) is 6.58. The zero-order valence-electron chi connectivity index (χ0n) is 17.7. The molecule has 3 aromatic heterocycles. The van der Waals surface area contributed by atoms with Crippen molar-refractivity contribution >= 4 is 54.4 Å². The third-order valence-corrected chi connectivity index (χ3v) is 8.95. The highest BCUT2D eigenvalue weighted by Crippen LogP contribution is 2.25. The molecular weight excluding hydrogens is 466 g/mol. The Morgan fingerprint density at radius 1 is 1.22 bits per heavy atom. The molecule has 0 fully saturated rings.